The molecule has 2 saturated carbocycles. The number of urea groups is 1. The first-order valence-electron chi connectivity index (χ1n) is 8.96. The largest absolute Gasteiger partial charge is 0.347 e. The summed E-state index contributed by atoms with van der Waals surface area (Å²) in [6, 6.07) is 0.176. The van der Waals surface area contributed by atoms with Crippen LogP contribution >= 0.6 is 0 Å². The van der Waals surface area contributed by atoms with Crippen LogP contribution in [0.3, 0.4) is 0 Å². The molecule has 6 heteroatoms. The highest BCUT2D eigenvalue weighted by Crippen LogP contribution is 2.46. The van der Waals surface area contributed by atoms with E-state index in [1.54, 1.807) is 21.0 Å². The molecule has 1 heterocycles. The molecule has 1 saturated heterocycles. The molecule has 0 aromatic rings. The van der Waals surface area contributed by atoms with Crippen LogP contribution in [0.4, 0.5) is 4.79 Å². The SMILES string of the molecule is C[C@H](NC(=O)N1CCN([C@H]2C[C@H]3CC[C@H]2C3)CC1)C(=O)N(C)C. The third kappa shape index (κ3) is 3.47. The number of amides is 3. The van der Waals surface area contributed by atoms with Gasteiger partial charge in [-0.2, -0.15) is 0 Å². The van der Waals surface area contributed by atoms with E-state index in [-0.39, 0.29) is 11.9 Å². The summed E-state index contributed by atoms with van der Waals surface area (Å²) in [6.45, 7) is 5.21. The summed E-state index contributed by atoms with van der Waals surface area (Å²) < 4.78 is 0. The highest BCUT2D eigenvalue weighted by Gasteiger charge is 2.43. The van der Waals surface area contributed by atoms with E-state index >= 15 is 0 Å². The van der Waals surface area contributed by atoms with Gasteiger partial charge in [0.1, 0.15) is 6.04 Å². The Morgan fingerprint density at radius 1 is 1.09 bits per heavy atom. The summed E-state index contributed by atoms with van der Waals surface area (Å²) >= 11 is 0. The molecular formula is C17H30N4O2. The van der Waals surface area contributed by atoms with E-state index in [1.165, 1.54) is 30.6 Å². The molecule has 6 nitrogen and oxygen atoms in total. The lowest BCUT2D eigenvalue weighted by molar-refractivity contribution is -0.130. The number of hydrogen-bond acceptors (Lipinski definition) is 3. The third-order valence-electron chi connectivity index (χ3n) is 5.92. The Hall–Kier alpha value is -1.30. The van der Waals surface area contributed by atoms with Crippen LogP contribution in [0.15, 0.2) is 0 Å². The first-order chi connectivity index (χ1) is 11.0. The van der Waals surface area contributed by atoms with Crippen LogP contribution in [0, 0.1) is 11.8 Å². The molecule has 1 aliphatic heterocycles. The predicted molar refractivity (Wildman–Crippen MR) is 89.1 cm³/mol. The van der Waals surface area contributed by atoms with E-state index < -0.39 is 6.04 Å². The molecule has 4 atom stereocenters. The van der Waals surface area contributed by atoms with Gasteiger partial charge in [0.2, 0.25) is 5.91 Å². The van der Waals surface area contributed by atoms with Gasteiger partial charge in [-0.3, -0.25) is 9.69 Å². The van der Waals surface area contributed by atoms with E-state index in [1.807, 2.05) is 4.90 Å². The van der Waals surface area contributed by atoms with Crippen molar-refractivity contribution in [2.24, 2.45) is 11.8 Å². The number of piperazine rings is 1. The maximum absolute atomic E-state index is 12.3. The number of likely N-dealkylation sites (N-methyl/N-ethyl adjacent to an activating group) is 1. The van der Waals surface area contributed by atoms with Crippen molar-refractivity contribution in [3.8, 4) is 0 Å². The lowest BCUT2D eigenvalue weighted by atomic mass is 9.93. The Kier molecular flexibility index (Phi) is 4.80. The Morgan fingerprint density at radius 3 is 2.30 bits per heavy atom. The number of hydrogen-bond donors (Lipinski definition) is 1. The van der Waals surface area contributed by atoms with Gasteiger partial charge in [-0.1, -0.05) is 6.42 Å². The van der Waals surface area contributed by atoms with E-state index in [2.05, 4.69) is 10.2 Å². The number of nitrogens with zero attached hydrogens (tertiary/aromatic N) is 3. The van der Waals surface area contributed by atoms with Crippen molar-refractivity contribution in [3.05, 3.63) is 0 Å². The zero-order valence-electron chi connectivity index (χ0n) is 14.6. The quantitative estimate of drug-likeness (QED) is 0.843. The topological polar surface area (TPSA) is 55.9 Å². The van der Waals surface area contributed by atoms with Crippen LogP contribution in [0.25, 0.3) is 0 Å². The van der Waals surface area contributed by atoms with E-state index in [0.717, 1.165) is 44.1 Å². The van der Waals surface area contributed by atoms with Crippen molar-refractivity contribution in [1.29, 1.82) is 0 Å². The van der Waals surface area contributed by atoms with Crippen molar-refractivity contribution in [1.82, 2.24) is 20.0 Å². The van der Waals surface area contributed by atoms with Gasteiger partial charge in [-0.25, -0.2) is 4.79 Å². The lowest BCUT2D eigenvalue weighted by Crippen LogP contribution is -2.57. The molecule has 2 aliphatic carbocycles. The highest BCUT2D eigenvalue weighted by atomic mass is 16.2. The maximum atomic E-state index is 12.3. The zero-order valence-corrected chi connectivity index (χ0v) is 14.6. The van der Waals surface area contributed by atoms with Crippen LogP contribution in [-0.2, 0) is 4.79 Å². The van der Waals surface area contributed by atoms with Crippen LogP contribution in [0.1, 0.15) is 32.6 Å². The molecule has 3 amide bonds. The molecule has 0 aromatic heterocycles. The number of nitrogens with one attached hydrogen (secondary N) is 1. The van der Waals surface area contributed by atoms with Gasteiger partial charge in [-0.15, -0.1) is 0 Å². The number of carbonyl (C=O) groups is 2. The van der Waals surface area contributed by atoms with Crippen molar-refractivity contribution in [3.63, 3.8) is 0 Å². The zero-order chi connectivity index (χ0) is 16.6. The molecular weight excluding hydrogens is 292 g/mol. The van der Waals surface area contributed by atoms with Gasteiger partial charge >= 0.3 is 6.03 Å². The van der Waals surface area contributed by atoms with Gasteiger partial charge in [0, 0.05) is 46.3 Å². The lowest BCUT2D eigenvalue weighted by Gasteiger charge is -2.41. The average molecular weight is 322 g/mol. The number of carbonyl (C=O) groups excluding carboxylic acids is 2. The molecule has 0 unspecified atom stereocenters. The average Bonchev–Trinajstić information content (AvgIpc) is 3.17. The van der Waals surface area contributed by atoms with Crippen LogP contribution in [-0.4, -0.2) is 79.0 Å². The van der Waals surface area contributed by atoms with E-state index in [9.17, 15) is 9.59 Å². The Balaban J connectivity index is 1.45. The van der Waals surface area contributed by atoms with Crippen molar-refractivity contribution >= 4 is 11.9 Å². The van der Waals surface area contributed by atoms with Crippen molar-refractivity contribution in [2.45, 2.75) is 44.7 Å². The molecule has 3 aliphatic rings. The van der Waals surface area contributed by atoms with Gasteiger partial charge < -0.3 is 15.1 Å². The Labute approximate surface area is 139 Å². The molecule has 3 fully saturated rings. The summed E-state index contributed by atoms with van der Waals surface area (Å²) in [7, 11) is 3.41. The second-order valence-corrected chi connectivity index (χ2v) is 7.67. The van der Waals surface area contributed by atoms with Crippen LogP contribution in [0.5, 0.6) is 0 Å². The molecule has 130 valence electrons. The fourth-order valence-corrected chi connectivity index (χ4v) is 4.64. The minimum absolute atomic E-state index is 0.0704. The summed E-state index contributed by atoms with van der Waals surface area (Å²) in [5.74, 6) is 1.79. The minimum Gasteiger partial charge on any atom is -0.347 e. The second-order valence-electron chi connectivity index (χ2n) is 7.67. The maximum Gasteiger partial charge on any atom is 0.318 e. The predicted octanol–water partition coefficient (Wildman–Crippen LogP) is 0.979. The van der Waals surface area contributed by atoms with Crippen molar-refractivity contribution < 1.29 is 9.59 Å². The standard InChI is InChI=1S/C17H30N4O2/c1-12(16(22)19(2)3)18-17(23)21-8-6-20(7-9-21)15-11-13-4-5-14(15)10-13/h12-15H,4-11H2,1-3H3,(H,18,23)/t12-,13-,14-,15-/m0/s1. The van der Waals surface area contributed by atoms with Crippen molar-refractivity contribution in [2.75, 3.05) is 40.3 Å². The smallest absolute Gasteiger partial charge is 0.318 e. The first-order valence-corrected chi connectivity index (χ1v) is 8.96. The summed E-state index contributed by atoms with van der Waals surface area (Å²) in [6.07, 6.45) is 5.63. The third-order valence-corrected chi connectivity index (χ3v) is 5.92. The molecule has 0 radical (unpaired) electrons. The first kappa shape index (κ1) is 16.6. The molecule has 0 aromatic carbocycles. The molecule has 0 spiro atoms. The number of rotatable bonds is 3. The highest BCUT2D eigenvalue weighted by molar-refractivity contribution is 5.86. The fourth-order valence-electron chi connectivity index (χ4n) is 4.64. The molecule has 23 heavy (non-hydrogen) atoms. The van der Waals surface area contributed by atoms with Gasteiger partial charge in [0.25, 0.3) is 0 Å². The van der Waals surface area contributed by atoms with Gasteiger partial charge in [0.15, 0.2) is 0 Å². The van der Waals surface area contributed by atoms with Gasteiger partial charge in [-0.05, 0) is 38.0 Å². The Bertz CT molecular complexity index is 460. The van der Waals surface area contributed by atoms with E-state index in [4.69, 9.17) is 0 Å². The Morgan fingerprint density at radius 2 is 1.78 bits per heavy atom. The van der Waals surface area contributed by atoms with Gasteiger partial charge in [0.05, 0.1) is 0 Å². The summed E-state index contributed by atoms with van der Waals surface area (Å²) in [5.41, 5.74) is 0. The fraction of sp³-hybridized carbons (Fsp3) is 0.882. The minimum atomic E-state index is -0.471. The normalized spacial score (nSPS) is 32.0. The monoisotopic (exact) mass is 322 g/mol. The summed E-state index contributed by atoms with van der Waals surface area (Å²) in [5, 5.41) is 2.82. The molecule has 2 bridgehead atoms. The van der Waals surface area contributed by atoms with Crippen LogP contribution < -0.4 is 5.32 Å². The van der Waals surface area contributed by atoms with Crippen LogP contribution in [0.2, 0.25) is 0 Å². The number of fused-ring (bicyclic) bond motifs is 2. The van der Waals surface area contributed by atoms with E-state index in [0.29, 0.717) is 0 Å². The summed E-state index contributed by atoms with van der Waals surface area (Å²) in [4.78, 5) is 30.1. The second kappa shape index (κ2) is 6.67. The molecule has 3 rings (SSSR count). The molecule has 1 N–H and O–H groups in total.